The summed E-state index contributed by atoms with van der Waals surface area (Å²) in [6.07, 6.45) is 3.31. The van der Waals surface area contributed by atoms with Crippen LogP contribution in [0, 0.1) is 0 Å². The molecule has 0 saturated heterocycles. The summed E-state index contributed by atoms with van der Waals surface area (Å²) in [6.45, 7) is 3.88. The van der Waals surface area contributed by atoms with Crippen molar-refractivity contribution in [1.29, 1.82) is 0 Å². The average Bonchev–Trinajstić information content (AvgIpc) is 3.18. The van der Waals surface area contributed by atoms with Crippen molar-refractivity contribution in [3.8, 4) is 5.75 Å². The summed E-state index contributed by atoms with van der Waals surface area (Å²) in [7, 11) is 1.79. The lowest BCUT2D eigenvalue weighted by atomic mass is 10.2. The Hall–Kier alpha value is -2.88. The Morgan fingerprint density at radius 2 is 2.27 bits per heavy atom. The van der Waals surface area contributed by atoms with E-state index in [1.54, 1.807) is 30.1 Å². The van der Waals surface area contributed by atoms with Gasteiger partial charge >= 0.3 is 0 Å². The number of carbonyl (C=O) groups excluding carboxylic acids is 1. The van der Waals surface area contributed by atoms with Gasteiger partial charge in [0.05, 0.1) is 18.2 Å². The van der Waals surface area contributed by atoms with Crippen molar-refractivity contribution in [3.63, 3.8) is 0 Å². The molecule has 2 N–H and O–H groups in total. The molecule has 3 aromatic rings. The second-order valence-electron chi connectivity index (χ2n) is 5.79. The maximum Gasteiger partial charge on any atom is 0.231 e. The third kappa shape index (κ3) is 5.06. The molecule has 3 heterocycles. The van der Waals surface area contributed by atoms with Crippen LogP contribution in [-0.4, -0.2) is 42.0 Å². The van der Waals surface area contributed by atoms with E-state index in [0.29, 0.717) is 27.4 Å². The highest BCUT2D eigenvalue weighted by molar-refractivity contribution is 7.99. The van der Waals surface area contributed by atoms with Crippen LogP contribution in [0.1, 0.15) is 19.5 Å². The van der Waals surface area contributed by atoms with E-state index in [1.807, 2.05) is 19.9 Å². The van der Waals surface area contributed by atoms with Crippen LogP contribution in [0.5, 0.6) is 5.75 Å². The smallest absolute Gasteiger partial charge is 0.231 e. The lowest BCUT2D eigenvalue weighted by molar-refractivity contribution is -0.115. The molecule has 0 aliphatic heterocycles. The van der Waals surface area contributed by atoms with Crippen molar-refractivity contribution in [2.45, 2.75) is 36.6 Å². The molecule has 0 aliphatic carbocycles. The number of hydrogen-bond acceptors (Lipinski definition) is 7. The Kier molecular flexibility index (Phi) is 5.52. The van der Waals surface area contributed by atoms with Crippen molar-refractivity contribution in [2.75, 3.05) is 5.32 Å². The number of pyridine rings is 1. The Bertz CT molecular complexity index is 877. The molecule has 0 bridgehead atoms. The second-order valence-corrected chi connectivity index (χ2v) is 6.80. The van der Waals surface area contributed by atoms with Gasteiger partial charge in [-0.2, -0.15) is 10.2 Å². The molecule has 0 atom stereocenters. The molecule has 3 aromatic heterocycles. The highest BCUT2D eigenvalue weighted by Crippen LogP contribution is 2.27. The van der Waals surface area contributed by atoms with E-state index < -0.39 is 0 Å². The molecule has 26 heavy (non-hydrogen) atoms. The van der Waals surface area contributed by atoms with Gasteiger partial charge in [-0.25, -0.2) is 9.97 Å². The zero-order valence-corrected chi connectivity index (χ0v) is 15.4. The average molecular weight is 373 g/mol. The standard InChI is InChI=1S/C16H19N7O2S/c1-10(2)25-12-6-11(7-14(24)20-13-4-5-23(3)22-13)19-15(8-12)26-16-17-9-18-21-16/h4-6,8-10H,7H2,1-3H3,(H,17,18,21)(H,20,22,24). The van der Waals surface area contributed by atoms with E-state index in [-0.39, 0.29) is 18.4 Å². The lowest BCUT2D eigenvalue weighted by Crippen LogP contribution is -2.16. The minimum absolute atomic E-state index is 0.00993. The molecule has 10 heteroatoms. The third-order valence-corrected chi connectivity index (χ3v) is 3.93. The molecule has 0 radical (unpaired) electrons. The van der Waals surface area contributed by atoms with E-state index in [0.717, 1.165) is 0 Å². The minimum atomic E-state index is -0.200. The number of amides is 1. The van der Waals surface area contributed by atoms with Crippen molar-refractivity contribution in [2.24, 2.45) is 7.05 Å². The van der Waals surface area contributed by atoms with Gasteiger partial charge in [-0.15, -0.1) is 0 Å². The predicted octanol–water partition coefficient (Wildman–Crippen LogP) is 2.05. The molecule has 0 spiro atoms. The quantitative estimate of drug-likeness (QED) is 0.652. The van der Waals surface area contributed by atoms with E-state index in [2.05, 4.69) is 30.6 Å². The molecule has 0 fully saturated rings. The van der Waals surface area contributed by atoms with Gasteiger partial charge in [-0.3, -0.25) is 14.6 Å². The van der Waals surface area contributed by atoms with Gasteiger partial charge in [0.15, 0.2) is 11.0 Å². The molecule has 1 amide bonds. The fraction of sp³-hybridized carbons (Fsp3) is 0.312. The van der Waals surface area contributed by atoms with Crippen LogP contribution in [0.4, 0.5) is 5.82 Å². The van der Waals surface area contributed by atoms with Crippen molar-refractivity contribution in [3.05, 3.63) is 36.4 Å². The number of carbonyl (C=O) groups is 1. The molecule has 0 aromatic carbocycles. The molecule has 136 valence electrons. The summed E-state index contributed by atoms with van der Waals surface area (Å²) in [5, 5.41) is 14.8. The number of H-pyrrole nitrogens is 1. The zero-order valence-electron chi connectivity index (χ0n) is 14.6. The number of nitrogens with one attached hydrogen (secondary N) is 2. The lowest BCUT2D eigenvalue weighted by Gasteiger charge is -2.12. The van der Waals surface area contributed by atoms with Gasteiger partial charge in [0.25, 0.3) is 0 Å². The summed E-state index contributed by atoms with van der Waals surface area (Å²) in [5.74, 6) is 0.953. The largest absolute Gasteiger partial charge is 0.491 e. The monoisotopic (exact) mass is 373 g/mol. The van der Waals surface area contributed by atoms with Crippen molar-refractivity contribution < 1.29 is 9.53 Å². The Morgan fingerprint density at radius 3 is 2.92 bits per heavy atom. The Balaban J connectivity index is 1.76. The summed E-state index contributed by atoms with van der Waals surface area (Å²) >= 11 is 1.32. The third-order valence-electron chi connectivity index (χ3n) is 3.12. The van der Waals surface area contributed by atoms with Gasteiger partial charge < -0.3 is 10.1 Å². The molecule has 0 aliphatic rings. The SMILES string of the molecule is CC(C)Oc1cc(CC(=O)Nc2ccn(C)n2)nc(Sc2ncn[nH]2)c1. The normalized spacial score (nSPS) is 10.9. The molecular formula is C16H19N7O2S. The van der Waals surface area contributed by atoms with Gasteiger partial charge in [0, 0.05) is 31.4 Å². The fourth-order valence-electron chi connectivity index (χ4n) is 2.19. The second kappa shape index (κ2) is 8.00. The number of aryl methyl sites for hydroxylation is 1. The molecule has 9 nitrogen and oxygen atoms in total. The highest BCUT2D eigenvalue weighted by atomic mass is 32.2. The summed E-state index contributed by atoms with van der Waals surface area (Å²) in [4.78, 5) is 20.9. The van der Waals surface area contributed by atoms with Crippen LogP contribution in [0.2, 0.25) is 0 Å². The topological polar surface area (TPSA) is 111 Å². The van der Waals surface area contributed by atoms with Crippen LogP contribution in [-0.2, 0) is 18.3 Å². The highest BCUT2D eigenvalue weighted by Gasteiger charge is 2.12. The van der Waals surface area contributed by atoms with Crippen molar-refractivity contribution in [1.82, 2.24) is 29.9 Å². The van der Waals surface area contributed by atoms with Crippen LogP contribution in [0.25, 0.3) is 0 Å². The number of aromatic nitrogens is 6. The molecule has 3 rings (SSSR count). The number of hydrogen-bond donors (Lipinski definition) is 2. The summed E-state index contributed by atoms with van der Waals surface area (Å²) in [5.41, 5.74) is 0.596. The first-order valence-corrected chi connectivity index (χ1v) is 8.80. The number of aromatic amines is 1. The van der Waals surface area contributed by atoms with Crippen LogP contribution in [0.3, 0.4) is 0 Å². The predicted molar refractivity (Wildman–Crippen MR) is 96.0 cm³/mol. The summed E-state index contributed by atoms with van der Waals surface area (Å²) < 4.78 is 7.39. The van der Waals surface area contributed by atoms with Gasteiger partial charge in [0.1, 0.15) is 17.1 Å². The number of anilines is 1. The van der Waals surface area contributed by atoms with Crippen LogP contribution < -0.4 is 10.1 Å². The van der Waals surface area contributed by atoms with E-state index in [1.165, 1.54) is 18.1 Å². The first-order valence-electron chi connectivity index (χ1n) is 7.98. The van der Waals surface area contributed by atoms with Crippen LogP contribution in [0.15, 0.2) is 40.9 Å². The molecule has 0 unspecified atom stereocenters. The van der Waals surface area contributed by atoms with E-state index in [9.17, 15) is 4.79 Å². The number of rotatable bonds is 7. The first kappa shape index (κ1) is 17.9. The van der Waals surface area contributed by atoms with Gasteiger partial charge in [-0.1, -0.05) is 0 Å². The Labute approximate surface area is 154 Å². The Morgan fingerprint density at radius 1 is 1.42 bits per heavy atom. The van der Waals surface area contributed by atoms with E-state index >= 15 is 0 Å². The first-order chi connectivity index (χ1) is 12.5. The maximum atomic E-state index is 12.3. The van der Waals surface area contributed by atoms with Crippen molar-refractivity contribution >= 4 is 23.5 Å². The van der Waals surface area contributed by atoms with E-state index in [4.69, 9.17) is 4.74 Å². The molecule has 0 saturated carbocycles. The zero-order chi connectivity index (χ0) is 18.5. The minimum Gasteiger partial charge on any atom is -0.491 e. The summed E-state index contributed by atoms with van der Waals surface area (Å²) in [6, 6.07) is 5.31. The number of nitrogens with zero attached hydrogens (tertiary/aromatic N) is 5. The van der Waals surface area contributed by atoms with Gasteiger partial charge in [0.2, 0.25) is 5.91 Å². The number of ether oxygens (including phenoxy) is 1. The van der Waals surface area contributed by atoms with Gasteiger partial charge in [-0.05, 0) is 25.6 Å². The fourth-order valence-corrected chi connectivity index (χ4v) is 2.93. The maximum absolute atomic E-state index is 12.3. The van der Waals surface area contributed by atoms with Crippen LogP contribution >= 0.6 is 11.8 Å². The molecular weight excluding hydrogens is 354 g/mol.